The number of piperidine rings is 1. The van der Waals surface area contributed by atoms with Crippen LogP contribution in [-0.2, 0) is 6.54 Å². The summed E-state index contributed by atoms with van der Waals surface area (Å²) in [6.45, 7) is 5.20. The Kier molecular flexibility index (Phi) is 3.78. The molecule has 0 radical (unpaired) electrons. The van der Waals surface area contributed by atoms with Crippen molar-refractivity contribution in [2.75, 3.05) is 26.2 Å². The lowest BCUT2D eigenvalue weighted by atomic mass is 10.0. The van der Waals surface area contributed by atoms with Crippen molar-refractivity contribution in [3.05, 3.63) is 35.9 Å². The number of amides is 2. The second-order valence-corrected chi connectivity index (χ2v) is 6.92. The van der Waals surface area contributed by atoms with Gasteiger partial charge in [-0.05, 0) is 31.2 Å². The van der Waals surface area contributed by atoms with Gasteiger partial charge in [-0.2, -0.15) is 0 Å². The van der Waals surface area contributed by atoms with Crippen molar-refractivity contribution in [2.45, 2.75) is 44.3 Å². The Labute approximate surface area is 132 Å². The minimum Gasteiger partial charge on any atom is -0.320 e. The van der Waals surface area contributed by atoms with Gasteiger partial charge in [0.05, 0.1) is 6.04 Å². The molecule has 4 heteroatoms. The highest BCUT2D eigenvalue weighted by molar-refractivity contribution is 5.78. The molecule has 3 heterocycles. The number of likely N-dealkylation sites (tertiary alicyclic amines) is 1. The largest absolute Gasteiger partial charge is 0.320 e. The van der Waals surface area contributed by atoms with E-state index in [9.17, 15) is 4.79 Å². The number of rotatable bonds is 3. The number of carbonyl (C=O) groups is 1. The van der Waals surface area contributed by atoms with Gasteiger partial charge in [0.1, 0.15) is 0 Å². The highest BCUT2D eigenvalue weighted by atomic mass is 16.2. The molecule has 0 aliphatic carbocycles. The fourth-order valence-electron chi connectivity index (χ4n) is 4.28. The average molecular weight is 299 g/mol. The Bertz CT molecular complexity index is 524. The standard InChI is InChI=1S/C18H25N3O/c22-18-20-10-4-7-17(20)14-21(18)16-8-11-19(12-9-16)13-15-5-2-1-3-6-15/h1-3,5-6,16-17H,4,7-14H2/t17-/m1/s1. The Morgan fingerprint density at radius 3 is 2.41 bits per heavy atom. The van der Waals surface area contributed by atoms with E-state index in [4.69, 9.17) is 0 Å². The topological polar surface area (TPSA) is 26.8 Å². The fraction of sp³-hybridized carbons (Fsp3) is 0.611. The van der Waals surface area contributed by atoms with Crippen LogP contribution in [0.15, 0.2) is 30.3 Å². The molecule has 3 saturated heterocycles. The number of carbonyl (C=O) groups excluding carboxylic acids is 1. The summed E-state index contributed by atoms with van der Waals surface area (Å²) in [6, 6.07) is 12.0. The Balaban J connectivity index is 1.32. The van der Waals surface area contributed by atoms with Crippen LogP contribution in [0.4, 0.5) is 4.79 Å². The van der Waals surface area contributed by atoms with Crippen molar-refractivity contribution in [3.63, 3.8) is 0 Å². The molecule has 0 unspecified atom stereocenters. The normalized spacial score (nSPS) is 26.7. The van der Waals surface area contributed by atoms with E-state index in [1.54, 1.807) is 0 Å². The number of urea groups is 1. The molecule has 0 N–H and O–H groups in total. The zero-order valence-electron chi connectivity index (χ0n) is 13.2. The summed E-state index contributed by atoms with van der Waals surface area (Å²) in [5.41, 5.74) is 1.39. The third-order valence-electron chi connectivity index (χ3n) is 5.52. The Morgan fingerprint density at radius 1 is 0.909 bits per heavy atom. The van der Waals surface area contributed by atoms with Crippen molar-refractivity contribution in [2.24, 2.45) is 0 Å². The Morgan fingerprint density at radius 2 is 1.68 bits per heavy atom. The quantitative estimate of drug-likeness (QED) is 0.857. The predicted molar refractivity (Wildman–Crippen MR) is 86.6 cm³/mol. The summed E-state index contributed by atoms with van der Waals surface area (Å²) in [6.07, 6.45) is 4.65. The predicted octanol–water partition coefficient (Wildman–Crippen LogP) is 2.55. The molecular formula is C18H25N3O. The van der Waals surface area contributed by atoms with E-state index in [1.807, 2.05) is 0 Å². The molecule has 0 aromatic heterocycles. The lowest BCUT2D eigenvalue weighted by Crippen LogP contribution is -2.46. The third kappa shape index (κ3) is 2.60. The van der Waals surface area contributed by atoms with Crippen LogP contribution < -0.4 is 0 Å². The second-order valence-electron chi connectivity index (χ2n) is 6.92. The third-order valence-corrected chi connectivity index (χ3v) is 5.52. The molecule has 2 amide bonds. The molecule has 1 aromatic rings. The lowest BCUT2D eigenvalue weighted by molar-refractivity contribution is 0.126. The number of hydrogen-bond donors (Lipinski definition) is 0. The summed E-state index contributed by atoms with van der Waals surface area (Å²) >= 11 is 0. The summed E-state index contributed by atoms with van der Waals surface area (Å²) in [7, 11) is 0. The molecule has 0 spiro atoms. The van der Waals surface area contributed by atoms with Crippen LogP contribution in [0.5, 0.6) is 0 Å². The van der Waals surface area contributed by atoms with Gasteiger partial charge in [-0.25, -0.2) is 4.79 Å². The molecule has 4 rings (SSSR count). The fourth-order valence-corrected chi connectivity index (χ4v) is 4.28. The molecule has 0 bridgehead atoms. The van der Waals surface area contributed by atoms with E-state index in [0.717, 1.165) is 45.6 Å². The highest BCUT2D eigenvalue weighted by Gasteiger charge is 2.43. The minimum atomic E-state index is 0.309. The average Bonchev–Trinajstić information content (AvgIpc) is 3.13. The van der Waals surface area contributed by atoms with Gasteiger partial charge in [0, 0.05) is 38.8 Å². The monoisotopic (exact) mass is 299 g/mol. The molecule has 118 valence electrons. The first-order valence-electron chi connectivity index (χ1n) is 8.65. The van der Waals surface area contributed by atoms with E-state index in [1.165, 1.54) is 18.4 Å². The number of benzene rings is 1. The first-order chi connectivity index (χ1) is 10.8. The minimum absolute atomic E-state index is 0.309. The van der Waals surface area contributed by atoms with Crippen LogP contribution >= 0.6 is 0 Å². The summed E-state index contributed by atoms with van der Waals surface area (Å²) in [5, 5.41) is 0. The van der Waals surface area contributed by atoms with E-state index >= 15 is 0 Å². The maximum atomic E-state index is 12.5. The van der Waals surface area contributed by atoms with Gasteiger partial charge >= 0.3 is 6.03 Å². The first kappa shape index (κ1) is 14.1. The summed E-state index contributed by atoms with van der Waals surface area (Å²) in [4.78, 5) is 19.3. The molecule has 3 aliphatic rings. The van der Waals surface area contributed by atoms with Crippen molar-refractivity contribution >= 4 is 6.03 Å². The SMILES string of the molecule is O=C1N(C2CCN(Cc3ccccc3)CC2)C[C@H]2CCCN12. The molecule has 3 fully saturated rings. The van der Waals surface area contributed by atoms with Gasteiger partial charge < -0.3 is 9.80 Å². The first-order valence-corrected chi connectivity index (χ1v) is 8.65. The molecule has 0 saturated carbocycles. The second kappa shape index (κ2) is 5.92. The van der Waals surface area contributed by atoms with Crippen molar-refractivity contribution < 1.29 is 4.79 Å². The maximum absolute atomic E-state index is 12.5. The van der Waals surface area contributed by atoms with Crippen LogP contribution in [0.2, 0.25) is 0 Å². The van der Waals surface area contributed by atoms with E-state index in [-0.39, 0.29) is 0 Å². The summed E-state index contributed by atoms with van der Waals surface area (Å²) < 4.78 is 0. The summed E-state index contributed by atoms with van der Waals surface area (Å²) in [5.74, 6) is 0. The molecule has 3 aliphatic heterocycles. The van der Waals surface area contributed by atoms with Gasteiger partial charge in [0.25, 0.3) is 0 Å². The molecule has 22 heavy (non-hydrogen) atoms. The Hall–Kier alpha value is -1.55. The zero-order valence-corrected chi connectivity index (χ0v) is 13.2. The van der Waals surface area contributed by atoms with Gasteiger partial charge in [0.15, 0.2) is 0 Å². The molecular weight excluding hydrogens is 274 g/mol. The van der Waals surface area contributed by atoms with Crippen LogP contribution in [0.1, 0.15) is 31.2 Å². The number of nitrogens with zero attached hydrogens (tertiary/aromatic N) is 3. The van der Waals surface area contributed by atoms with E-state index in [2.05, 4.69) is 45.0 Å². The van der Waals surface area contributed by atoms with Crippen LogP contribution in [0, 0.1) is 0 Å². The van der Waals surface area contributed by atoms with E-state index < -0.39 is 0 Å². The number of fused-ring (bicyclic) bond motifs is 1. The molecule has 1 atom stereocenters. The van der Waals surface area contributed by atoms with Crippen LogP contribution in [0.25, 0.3) is 0 Å². The van der Waals surface area contributed by atoms with Gasteiger partial charge in [-0.3, -0.25) is 4.90 Å². The smallest absolute Gasteiger partial charge is 0.320 e. The lowest BCUT2D eigenvalue weighted by Gasteiger charge is -2.36. The van der Waals surface area contributed by atoms with Gasteiger partial charge in [-0.1, -0.05) is 30.3 Å². The van der Waals surface area contributed by atoms with E-state index in [0.29, 0.717) is 18.1 Å². The van der Waals surface area contributed by atoms with Crippen molar-refractivity contribution in [3.8, 4) is 0 Å². The van der Waals surface area contributed by atoms with Crippen molar-refractivity contribution in [1.29, 1.82) is 0 Å². The highest BCUT2D eigenvalue weighted by Crippen LogP contribution is 2.30. The zero-order chi connectivity index (χ0) is 14.9. The maximum Gasteiger partial charge on any atom is 0.320 e. The van der Waals surface area contributed by atoms with Gasteiger partial charge in [-0.15, -0.1) is 0 Å². The van der Waals surface area contributed by atoms with Crippen molar-refractivity contribution in [1.82, 2.24) is 14.7 Å². The number of hydrogen-bond acceptors (Lipinski definition) is 2. The molecule has 4 nitrogen and oxygen atoms in total. The molecule has 1 aromatic carbocycles. The van der Waals surface area contributed by atoms with Gasteiger partial charge in [0.2, 0.25) is 0 Å². The van der Waals surface area contributed by atoms with Crippen LogP contribution in [-0.4, -0.2) is 59.0 Å². The van der Waals surface area contributed by atoms with Crippen LogP contribution in [0.3, 0.4) is 0 Å².